The molecule has 3 N–H and O–H groups in total. The van der Waals surface area contributed by atoms with Gasteiger partial charge in [0.15, 0.2) is 6.10 Å². The minimum absolute atomic E-state index is 0.162. The molecule has 3 aromatic rings. The molecule has 28 heavy (non-hydrogen) atoms. The standard InChI is InChI=1S/C17H15N5O5S/c1-9(15(25)19-16-11(14(18)24)6-7-28-16)27-13(23)8-22-17(26)10-4-2-3-5-12(10)20-21-22/h2-7,9H,8H2,1H3,(H2,18,24)(H,19,25). The van der Waals surface area contributed by atoms with E-state index in [4.69, 9.17) is 10.5 Å². The Balaban J connectivity index is 1.65. The number of fused-ring (bicyclic) bond motifs is 1. The number of benzene rings is 1. The lowest BCUT2D eigenvalue weighted by Crippen LogP contribution is -2.34. The predicted molar refractivity (Wildman–Crippen MR) is 101 cm³/mol. The lowest BCUT2D eigenvalue weighted by atomic mass is 10.2. The molecule has 3 rings (SSSR count). The van der Waals surface area contributed by atoms with Crippen molar-refractivity contribution in [1.82, 2.24) is 15.0 Å². The monoisotopic (exact) mass is 401 g/mol. The second-order valence-electron chi connectivity index (χ2n) is 5.72. The van der Waals surface area contributed by atoms with Gasteiger partial charge in [-0.1, -0.05) is 17.3 Å². The molecule has 10 nitrogen and oxygen atoms in total. The number of nitrogens with two attached hydrogens (primary N) is 1. The van der Waals surface area contributed by atoms with E-state index in [1.165, 1.54) is 13.0 Å². The van der Waals surface area contributed by atoms with Crippen LogP contribution in [0.5, 0.6) is 0 Å². The minimum Gasteiger partial charge on any atom is -0.451 e. The third kappa shape index (κ3) is 4.04. The van der Waals surface area contributed by atoms with E-state index >= 15 is 0 Å². The van der Waals surface area contributed by atoms with E-state index in [0.717, 1.165) is 16.0 Å². The summed E-state index contributed by atoms with van der Waals surface area (Å²) in [4.78, 5) is 47.9. The molecule has 0 spiro atoms. The van der Waals surface area contributed by atoms with Crippen molar-refractivity contribution >= 4 is 45.0 Å². The summed E-state index contributed by atoms with van der Waals surface area (Å²) in [5, 5.41) is 12.2. The molecule has 144 valence electrons. The van der Waals surface area contributed by atoms with Gasteiger partial charge in [0.05, 0.1) is 10.9 Å². The van der Waals surface area contributed by atoms with Crippen LogP contribution in [0.2, 0.25) is 0 Å². The highest BCUT2D eigenvalue weighted by molar-refractivity contribution is 7.14. The van der Waals surface area contributed by atoms with E-state index in [-0.39, 0.29) is 10.6 Å². The molecule has 0 aliphatic heterocycles. The van der Waals surface area contributed by atoms with Gasteiger partial charge in [0, 0.05) is 0 Å². The Morgan fingerprint density at radius 3 is 2.79 bits per heavy atom. The molecule has 0 saturated heterocycles. The van der Waals surface area contributed by atoms with Crippen molar-refractivity contribution in [3.8, 4) is 0 Å². The Kier molecular flexibility index (Phi) is 5.45. The van der Waals surface area contributed by atoms with Crippen LogP contribution in [0.25, 0.3) is 10.9 Å². The van der Waals surface area contributed by atoms with Crippen molar-refractivity contribution in [3.05, 3.63) is 51.6 Å². The fourth-order valence-corrected chi connectivity index (χ4v) is 3.15. The Morgan fingerprint density at radius 2 is 2.04 bits per heavy atom. The smallest absolute Gasteiger partial charge is 0.328 e. The van der Waals surface area contributed by atoms with Crippen LogP contribution in [-0.2, 0) is 20.9 Å². The summed E-state index contributed by atoms with van der Waals surface area (Å²) in [7, 11) is 0. The lowest BCUT2D eigenvalue weighted by Gasteiger charge is -2.13. The Morgan fingerprint density at radius 1 is 1.29 bits per heavy atom. The zero-order valence-electron chi connectivity index (χ0n) is 14.6. The van der Waals surface area contributed by atoms with Crippen molar-refractivity contribution in [3.63, 3.8) is 0 Å². The third-order valence-electron chi connectivity index (χ3n) is 3.75. The first-order chi connectivity index (χ1) is 13.4. The number of anilines is 1. The average Bonchev–Trinajstić information content (AvgIpc) is 3.12. The predicted octanol–water partition coefficient (Wildman–Crippen LogP) is 0.522. The fraction of sp³-hybridized carbons (Fsp3) is 0.176. The number of carbonyl (C=O) groups is 3. The van der Waals surface area contributed by atoms with Crippen molar-refractivity contribution in [2.24, 2.45) is 5.73 Å². The number of hydrogen-bond donors (Lipinski definition) is 2. The molecule has 0 aliphatic rings. The van der Waals surface area contributed by atoms with E-state index in [0.29, 0.717) is 10.9 Å². The summed E-state index contributed by atoms with van der Waals surface area (Å²) in [6, 6.07) is 8.06. The average molecular weight is 401 g/mol. The maximum atomic E-state index is 12.3. The summed E-state index contributed by atoms with van der Waals surface area (Å²) in [6.07, 6.45) is -1.17. The molecule has 2 aromatic heterocycles. The van der Waals surface area contributed by atoms with Gasteiger partial charge in [-0.3, -0.25) is 19.2 Å². The fourth-order valence-electron chi connectivity index (χ4n) is 2.35. The zero-order chi connectivity index (χ0) is 20.3. The van der Waals surface area contributed by atoms with Gasteiger partial charge >= 0.3 is 5.97 Å². The van der Waals surface area contributed by atoms with Crippen molar-refractivity contribution in [1.29, 1.82) is 0 Å². The second kappa shape index (κ2) is 7.96. The second-order valence-corrected chi connectivity index (χ2v) is 6.63. The van der Waals surface area contributed by atoms with Crippen LogP contribution < -0.4 is 16.6 Å². The van der Waals surface area contributed by atoms with Crippen molar-refractivity contribution in [2.75, 3.05) is 5.32 Å². The molecule has 0 fully saturated rings. The largest absolute Gasteiger partial charge is 0.451 e. The van der Waals surface area contributed by atoms with Gasteiger partial charge in [0.1, 0.15) is 17.1 Å². The first-order valence-electron chi connectivity index (χ1n) is 8.07. The Bertz CT molecular complexity index is 1120. The summed E-state index contributed by atoms with van der Waals surface area (Å²) in [5.74, 6) is -2.17. The highest BCUT2D eigenvalue weighted by atomic mass is 32.1. The molecule has 0 saturated carbocycles. The summed E-state index contributed by atoms with van der Waals surface area (Å²) in [5.41, 5.74) is 5.29. The number of rotatable bonds is 6. The van der Waals surface area contributed by atoms with Gasteiger partial charge in [-0.15, -0.1) is 16.4 Å². The van der Waals surface area contributed by atoms with Gasteiger partial charge in [0.25, 0.3) is 17.4 Å². The van der Waals surface area contributed by atoms with Crippen LogP contribution in [0.1, 0.15) is 17.3 Å². The van der Waals surface area contributed by atoms with E-state index < -0.39 is 36.0 Å². The maximum Gasteiger partial charge on any atom is 0.328 e. The lowest BCUT2D eigenvalue weighted by molar-refractivity contribution is -0.154. The molecule has 0 bridgehead atoms. The van der Waals surface area contributed by atoms with Gasteiger partial charge in [-0.25, -0.2) is 0 Å². The molecule has 11 heteroatoms. The topological polar surface area (TPSA) is 146 Å². The summed E-state index contributed by atoms with van der Waals surface area (Å²) < 4.78 is 5.90. The number of hydrogen-bond acceptors (Lipinski definition) is 8. The van der Waals surface area contributed by atoms with Crippen LogP contribution in [0.15, 0.2) is 40.5 Å². The number of nitrogens with one attached hydrogen (secondary N) is 1. The highest BCUT2D eigenvalue weighted by Gasteiger charge is 2.21. The van der Waals surface area contributed by atoms with Crippen LogP contribution in [0.3, 0.4) is 0 Å². The van der Waals surface area contributed by atoms with Gasteiger partial charge in [-0.2, -0.15) is 4.68 Å². The Hall–Kier alpha value is -3.60. The number of aromatic nitrogens is 3. The van der Waals surface area contributed by atoms with E-state index in [9.17, 15) is 19.2 Å². The van der Waals surface area contributed by atoms with E-state index in [1.807, 2.05) is 0 Å². The molecule has 2 amide bonds. The highest BCUT2D eigenvalue weighted by Crippen LogP contribution is 2.22. The molecular formula is C17H15N5O5S. The minimum atomic E-state index is -1.17. The maximum absolute atomic E-state index is 12.3. The number of amides is 2. The van der Waals surface area contributed by atoms with Crippen LogP contribution in [0.4, 0.5) is 5.00 Å². The van der Waals surface area contributed by atoms with Crippen LogP contribution in [-0.4, -0.2) is 38.9 Å². The first-order valence-corrected chi connectivity index (χ1v) is 8.95. The van der Waals surface area contributed by atoms with Crippen LogP contribution >= 0.6 is 11.3 Å². The first kappa shape index (κ1) is 19.2. The molecule has 1 aromatic carbocycles. The quantitative estimate of drug-likeness (QED) is 0.573. The zero-order valence-corrected chi connectivity index (χ0v) is 15.4. The Labute approximate surface area is 161 Å². The van der Waals surface area contributed by atoms with Gasteiger partial charge in [-0.05, 0) is 30.5 Å². The molecule has 0 radical (unpaired) electrons. The molecule has 2 heterocycles. The number of esters is 1. The summed E-state index contributed by atoms with van der Waals surface area (Å²) in [6.45, 7) is 0.861. The normalized spacial score (nSPS) is 11.8. The van der Waals surface area contributed by atoms with E-state index in [2.05, 4.69) is 15.6 Å². The number of nitrogens with zero attached hydrogens (tertiary/aromatic N) is 3. The van der Waals surface area contributed by atoms with E-state index in [1.54, 1.807) is 29.6 Å². The number of primary amides is 1. The van der Waals surface area contributed by atoms with Crippen molar-refractivity contribution < 1.29 is 19.1 Å². The molecule has 0 aliphatic carbocycles. The van der Waals surface area contributed by atoms with Gasteiger partial charge < -0.3 is 15.8 Å². The summed E-state index contributed by atoms with van der Waals surface area (Å²) >= 11 is 1.11. The molecule has 1 unspecified atom stereocenters. The van der Waals surface area contributed by atoms with Crippen LogP contribution in [0, 0.1) is 0 Å². The molecule has 1 atom stereocenters. The third-order valence-corrected chi connectivity index (χ3v) is 4.58. The molecular weight excluding hydrogens is 386 g/mol. The SMILES string of the molecule is CC(OC(=O)Cn1nnc2ccccc2c1=O)C(=O)Nc1sccc1C(N)=O. The number of thiophene rings is 1. The number of ether oxygens (including phenoxy) is 1. The van der Waals surface area contributed by atoms with Gasteiger partial charge in [0.2, 0.25) is 0 Å². The van der Waals surface area contributed by atoms with Crippen molar-refractivity contribution in [2.45, 2.75) is 19.6 Å². The number of carbonyl (C=O) groups excluding carboxylic acids is 3.